The van der Waals surface area contributed by atoms with Crippen molar-refractivity contribution in [2.45, 2.75) is 19.3 Å². The molecule has 6 heteroatoms. The highest BCUT2D eigenvalue weighted by atomic mass is 16.3. The van der Waals surface area contributed by atoms with Gasteiger partial charge in [0.25, 0.3) is 0 Å². The number of benzene rings is 7. The molecule has 0 bridgehead atoms. The lowest BCUT2D eigenvalue weighted by molar-refractivity contribution is 0.619. The summed E-state index contributed by atoms with van der Waals surface area (Å²) in [7, 11) is 0. The van der Waals surface area contributed by atoms with Crippen molar-refractivity contribution in [3.8, 4) is 62.4 Å². The minimum atomic E-state index is -0.282. The molecule has 260 valence electrons. The summed E-state index contributed by atoms with van der Waals surface area (Å²) in [5, 5.41) is 2.43. The first-order valence-electron chi connectivity index (χ1n) is 18.6. The van der Waals surface area contributed by atoms with E-state index in [1.54, 1.807) is 0 Å². The van der Waals surface area contributed by atoms with Crippen LogP contribution in [-0.4, -0.2) is 24.5 Å². The minimum absolute atomic E-state index is 0.282. The first-order chi connectivity index (χ1) is 27.0. The quantitative estimate of drug-likeness (QED) is 0.178. The summed E-state index contributed by atoms with van der Waals surface area (Å²) in [6, 6.07) is 56.6. The Bertz CT molecular complexity index is 3030. The van der Waals surface area contributed by atoms with Crippen molar-refractivity contribution >= 4 is 32.9 Å². The van der Waals surface area contributed by atoms with E-state index >= 15 is 0 Å². The number of para-hydroxylation sites is 1. The molecule has 6 nitrogen and oxygen atoms in total. The molecule has 0 amide bonds. The van der Waals surface area contributed by atoms with Gasteiger partial charge in [-0.15, -0.1) is 0 Å². The van der Waals surface area contributed by atoms with Crippen LogP contribution < -0.4 is 0 Å². The van der Waals surface area contributed by atoms with Gasteiger partial charge in [0.1, 0.15) is 5.52 Å². The van der Waals surface area contributed by atoms with Gasteiger partial charge in [0.2, 0.25) is 5.89 Å². The van der Waals surface area contributed by atoms with Crippen LogP contribution in [0.15, 0.2) is 168 Å². The van der Waals surface area contributed by atoms with Crippen LogP contribution in [0.3, 0.4) is 0 Å². The summed E-state index contributed by atoms with van der Waals surface area (Å²) in [6.45, 7) is 4.62. The summed E-state index contributed by atoms with van der Waals surface area (Å²) < 4.78 is 8.72. The van der Waals surface area contributed by atoms with Crippen molar-refractivity contribution in [3.05, 3.63) is 175 Å². The first-order valence-corrected chi connectivity index (χ1v) is 18.6. The summed E-state index contributed by atoms with van der Waals surface area (Å²) in [4.78, 5) is 19.9. The Morgan fingerprint density at radius 2 is 1.04 bits per heavy atom. The maximum Gasteiger partial charge on any atom is 0.227 e. The molecule has 0 aliphatic heterocycles. The second-order valence-corrected chi connectivity index (χ2v) is 14.7. The minimum Gasteiger partial charge on any atom is -0.436 e. The summed E-state index contributed by atoms with van der Waals surface area (Å²) in [6.07, 6.45) is 0. The summed E-state index contributed by atoms with van der Waals surface area (Å²) in [5.74, 6) is 2.57. The Morgan fingerprint density at radius 3 is 1.67 bits per heavy atom. The van der Waals surface area contributed by atoms with E-state index in [1.165, 1.54) is 33.0 Å². The number of hydrogen-bond acceptors (Lipinski definition) is 5. The smallest absolute Gasteiger partial charge is 0.227 e. The van der Waals surface area contributed by atoms with E-state index in [2.05, 4.69) is 91.2 Å². The number of hydrogen-bond donors (Lipinski definition) is 0. The zero-order valence-electron chi connectivity index (χ0n) is 30.2. The van der Waals surface area contributed by atoms with E-state index in [9.17, 15) is 0 Å². The number of fused-ring (bicyclic) bond motifs is 8. The molecule has 0 spiro atoms. The Kier molecular flexibility index (Phi) is 6.79. The number of oxazole rings is 1. The van der Waals surface area contributed by atoms with Crippen molar-refractivity contribution in [2.24, 2.45) is 0 Å². The third-order valence-corrected chi connectivity index (χ3v) is 11.1. The van der Waals surface area contributed by atoms with Gasteiger partial charge in [0.15, 0.2) is 23.1 Å². The first kappa shape index (κ1) is 31.4. The molecule has 1 aliphatic carbocycles. The normalized spacial score (nSPS) is 13.1. The molecule has 3 aromatic heterocycles. The molecular weight excluding hydrogens is 675 g/mol. The molecular formula is C49H33N5O. The van der Waals surface area contributed by atoms with Gasteiger partial charge in [-0.1, -0.05) is 117 Å². The van der Waals surface area contributed by atoms with Crippen LogP contribution in [0.2, 0.25) is 0 Å². The van der Waals surface area contributed by atoms with E-state index in [4.69, 9.17) is 24.4 Å². The van der Waals surface area contributed by atoms with Crippen molar-refractivity contribution in [2.75, 3.05) is 0 Å². The highest BCUT2D eigenvalue weighted by Gasteiger charge is 2.39. The van der Waals surface area contributed by atoms with Gasteiger partial charge >= 0.3 is 0 Å². The molecule has 10 aromatic rings. The van der Waals surface area contributed by atoms with Gasteiger partial charge in [0.05, 0.1) is 11.0 Å². The van der Waals surface area contributed by atoms with Crippen LogP contribution in [0, 0.1) is 0 Å². The summed E-state index contributed by atoms with van der Waals surface area (Å²) in [5.41, 5.74) is 13.5. The van der Waals surface area contributed by atoms with E-state index in [-0.39, 0.29) is 5.41 Å². The molecule has 55 heavy (non-hydrogen) atoms. The van der Waals surface area contributed by atoms with Crippen LogP contribution in [-0.2, 0) is 5.41 Å². The second-order valence-electron chi connectivity index (χ2n) is 14.7. The molecule has 0 saturated carbocycles. The fourth-order valence-corrected chi connectivity index (χ4v) is 8.42. The van der Waals surface area contributed by atoms with Crippen molar-refractivity contribution in [3.63, 3.8) is 0 Å². The zero-order chi connectivity index (χ0) is 36.7. The molecule has 1 aliphatic rings. The summed E-state index contributed by atoms with van der Waals surface area (Å²) >= 11 is 0. The molecule has 0 N–H and O–H groups in total. The molecule has 11 rings (SSSR count). The monoisotopic (exact) mass is 707 g/mol. The van der Waals surface area contributed by atoms with Gasteiger partial charge in [0, 0.05) is 44.1 Å². The molecule has 7 aromatic carbocycles. The van der Waals surface area contributed by atoms with Crippen LogP contribution in [0.25, 0.3) is 95.3 Å². The number of nitrogens with zero attached hydrogens (tertiary/aromatic N) is 5. The standard InChI is InChI=1S/C49H33N5O/c1-49(2)39-28-38-35-20-12-13-21-40(35)54(41(38)29-37(39)36-26-27-42-44(43(36)49)50-48(55-42)33-18-10-5-11-19-33)34-24-22-32(23-25-34)47-52-45(30-14-6-3-7-15-30)51-46(53-47)31-16-8-4-9-17-31/h3-29H,1-2H3. The van der Waals surface area contributed by atoms with Crippen LogP contribution in [0.1, 0.15) is 25.0 Å². The van der Waals surface area contributed by atoms with Crippen molar-refractivity contribution in [1.29, 1.82) is 0 Å². The lowest BCUT2D eigenvalue weighted by Gasteiger charge is -2.21. The van der Waals surface area contributed by atoms with Crippen LogP contribution in [0.5, 0.6) is 0 Å². The number of aromatic nitrogens is 5. The maximum atomic E-state index is 6.34. The largest absolute Gasteiger partial charge is 0.436 e. The molecule has 0 unspecified atom stereocenters. The highest BCUT2D eigenvalue weighted by molar-refractivity contribution is 6.12. The fraction of sp³-hybridized carbons (Fsp3) is 0.0612. The van der Waals surface area contributed by atoms with Gasteiger partial charge < -0.3 is 8.98 Å². The second kappa shape index (κ2) is 11.9. The SMILES string of the molecule is CC1(C)c2cc3c4ccccc4n(-c4ccc(-c5nc(-c6ccccc6)nc(-c6ccccc6)n5)cc4)c3cc2-c2ccc3oc(-c4ccccc4)nc3c21. The molecule has 0 radical (unpaired) electrons. The van der Waals surface area contributed by atoms with Gasteiger partial charge in [-0.05, 0) is 82.9 Å². The Morgan fingerprint density at radius 1 is 0.473 bits per heavy atom. The predicted octanol–water partition coefficient (Wildman–Crippen LogP) is 12.1. The van der Waals surface area contributed by atoms with Crippen molar-refractivity contribution < 1.29 is 4.42 Å². The maximum absolute atomic E-state index is 6.34. The lowest BCUT2D eigenvalue weighted by Crippen LogP contribution is -2.15. The molecule has 0 fully saturated rings. The van der Waals surface area contributed by atoms with Crippen LogP contribution in [0.4, 0.5) is 0 Å². The Labute approximate surface area is 317 Å². The van der Waals surface area contributed by atoms with Crippen molar-refractivity contribution in [1.82, 2.24) is 24.5 Å². The third kappa shape index (κ3) is 4.88. The fourth-order valence-electron chi connectivity index (χ4n) is 8.42. The zero-order valence-corrected chi connectivity index (χ0v) is 30.2. The Hall–Kier alpha value is -7.18. The molecule has 0 saturated heterocycles. The Balaban J connectivity index is 1.06. The lowest BCUT2D eigenvalue weighted by atomic mass is 9.81. The van der Waals surface area contributed by atoms with Gasteiger partial charge in [-0.2, -0.15) is 0 Å². The van der Waals surface area contributed by atoms with Gasteiger partial charge in [-0.25, -0.2) is 19.9 Å². The predicted molar refractivity (Wildman–Crippen MR) is 221 cm³/mol. The number of rotatable bonds is 5. The van der Waals surface area contributed by atoms with E-state index < -0.39 is 0 Å². The van der Waals surface area contributed by atoms with E-state index in [1.807, 2.05) is 91.0 Å². The van der Waals surface area contributed by atoms with E-state index in [0.717, 1.165) is 50.1 Å². The molecule has 0 atom stereocenters. The molecule has 3 heterocycles. The van der Waals surface area contributed by atoms with Gasteiger partial charge in [-0.3, -0.25) is 0 Å². The van der Waals surface area contributed by atoms with Crippen LogP contribution >= 0.6 is 0 Å². The average Bonchev–Trinajstić information content (AvgIpc) is 3.89. The van der Waals surface area contributed by atoms with E-state index in [0.29, 0.717) is 23.4 Å². The average molecular weight is 708 g/mol. The third-order valence-electron chi connectivity index (χ3n) is 11.1. The highest BCUT2D eigenvalue weighted by Crippen LogP contribution is 2.53. The topological polar surface area (TPSA) is 69.6 Å².